The number of hydrogen-bond acceptors (Lipinski definition) is 8. The average molecular weight is 435 g/mol. The maximum absolute atomic E-state index is 11.5. The smallest absolute Gasteiger partial charge is 0.333 e. The minimum Gasteiger partial charge on any atom is -0.457 e. The average Bonchev–Trinajstić information content (AvgIpc) is 2.71. The Morgan fingerprint density at radius 2 is 0.967 bits per heavy atom. The summed E-state index contributed by atoms with van der Waals surface area (Å²) in [6, 6.07) is 0. The van der Waals surface area contributed by atoms with Gasteiger partial charge in [-0.15, -0.1) is 0 Å². The summed E-state index contributed by atoms with van der Waals surface area (Å²) >= 11 is 0. The van der Waals surface area contributed by atoms with Gasteiger partial charge in [0.05, 0.1) is 70.2 Å². The monoisotopic (exact) mass is 434 g/mol. The van der Waals surface area contributed by atoms with E-state index in [4.69, 9.17) is 33.5 Å². The molecule has 0 aromatic rings. The molecule has 0 aromatic carbocycles. The van der Waals surface area contributed by atoms with Gasteiger partial charge in [-0.25, -0.2) is 4.79 Å². The van der Waals surface area contributed by atoms with Gasteiger partial charge in [0.15, 0.2) is 0 Å². The standard InChI is InChI=1S/C22H42O8/c1-15(2)22(24)30-21(8)14-29-20(7)13-28-19(6)12-27-18(5)11-26-17(4)10-25-16(3)9-23/h16-21,23H,1,9-14H2,2-8H3. The molecule has 6 unspecified atom stereocenters. The van der Waals surface area contributed by atoms with E-state index in [1.165, 1.54) is 0 Å². The third-order valence-electron chi connectivity index (χ3n) is 3.99. The molecule has 0 aliphatic rings. The van der Waals surface area contributed by atoms with E-state index < -0.39 is 5.97 Å². The Kier molecular flexibility index (Phi) is 16.1. The summed E-state index contributed by atoms with van der Waals surface area (Å²) in [7, 11) is 0. The van der Waals surface area contributed by atoms with Crippen LogP contribution in [0.5, 0.6) is 0 Å². The predicted octanol–water partition coefficient (Wildman–Crippen LogP) is 2.51. The highest BCUT2D eigenvalue weighted by atomic mass is 16.6. The molecule has 0 aromatic heterocycles. The fourth-order valence-corrected chi connectivity index (χ4v) is 2.06. The number of rotatable bonds is 18. The molecule has 178 valence electrons. The summed E-state index contributed by atoms with van der Waals surface area (Å²) in [5.74, 6) is -0.416. The molecule has 0 saturated heterocycles. The fourth-order valence-electron chi connectivity index (χ4n) is 2.06. The van der Waals surface area contributed by atoms with Gasteiger partial charge in [0, 0.05) is 5.57 Å². The molecule has 0 aliphatic heterocycles. The lowest BCUT2D eigenvalue weighted by atomic mass is 10.3. The van der Waals surface area contributed by atoms with Crippen molar-refractivity contribution in [3.8, 4) is 0 Å². The normalized spacial score (nSPS) is 17.6. The third-order valence-corrected chi connectivity index (χ3v) is 3.99. The Balaban J connectivity index is 3.85. The zero-order valence-electron chi connectivity index (χ0n) is 19.7. The molecular formula is C22H42O8. The summed E-state index contributed by atoms with van der Waals surface area (Å²) in [6.07, 6.45) is -0.925. The highest BCUT2D eigenvalue weighted by Gasteiger charge is 2.14. The predicted molar refractivity (Wildman–Crippen MR) is 115 cm³/mol. The van der Waals surface area contributed by atoms with Gasteiger partial charge in [-0.2, -0.15) is 0 Å². The molecule has 0 radical (unpaired) electrons. The largest absolute Gasteiger partial charge is 0.457 e. The third kappa shape index (κ3) is 15.8. The second kappa shape index (κ2) is 16.6. The maximum Gasteiger partial charge on any atom is 0.333 e. The minimum absolute atomic E-state index is 0.00470. The van der Waals surface area contributed by atoms with Gasteiger partial charge >= 0.3 is 5.97 Å². The Morgan fingerprint density at radius 1 is 0.667 bits per heavy atom. The molecule has 0 saturated carbocycles. The van der Waals surface area contributed by atoms with Crippen LogP contribution in [-0.4, -0.2) is 87.3 Å². The Bertz CT molecular complexity index is 470. The lowest BCUT2D eigenvalue weighted by molar-refractivity contribution is -0.148. The van der Waals surface area contributed by atoms with Crippen LogP contribution in [0, 0.1) is 0 Å². The Labute approximate surface area is 181 Å². The first-order valence-electron chi connectivity index (χ1n) is 10.6. The first-order valence-corrected chi connectivity index (χ1v) is 10.6. The molecule has 0 fully saturated rings. The molecule has 0 spiro atoms. The zero-order valence-corrected chi connectivity index (χ0v) is 19.7. The number of carbonyl (C=O) groups is 1. The number of aliphatic hydroxyl groups is 1. The van der Waals surface area contributed by atoms with Crippen LogP contribution in [0.25, 0.3) is 0 Å². The zero-order chi connectivity index (χ0) is 23.1. The molecule has 8 nitrogen and oxygen atoms in total. The summed E-state index contributed by atoms with van der Waals surface area (Å²) in [6.45, 7) is 18.5. The molecule has 30 heavy (non-hydrogen) atoms. The van der Waals surface area contributed by atoms with Crippen LogP contribution in [0.3, 0.4) is 0 Å². The molecule has 0 rings (SSSR count). The molecular weight excluding hydrogens is 392 g/mol. The Morgan fingerprint density at radius 3 is 1.27 bits per heavy atom. The number of aliphatic hydroxyl groups excluding tert-OH is 1. The quantitative estimate of drug-likeness (QED) is 0.260. The van der Waals surface area contributed by atoms with Gasteiger partial charge in [-0.1, -0.05) is 6.58 Å². The Hall–Kier alpha value is -1.03. The van der Waals surface area contributed by atoms with Crippen LogP contribution in [0.4, 0.5) is 0 Å². The van der Waals surface area contributed by atoms with E-state index in [2.05, 4.69) is 6.58 Å². The van der Waals surface area contributed by atoms with Crippen LogP contribution in [0.15, 0.2) is 12.2 Å². The van der Waals surface area contributed by atoms with Gasteiger partial charge in [0.2, 0.25) is 0 Å². The van der Waals surface area contributed by atoms with E-state index in [0.717, 1.165) is 0 Å². The van der Waals surface area contributed by atoms with Crippen LogP contribution < -0.4 is 0 Å². The number of esters is 1. The molecule has 0 aliphatic carbocycles. The van der Waals surface area contributed by atoms with Crippen molar-refractivity contribution in [2.24, 2.45) is 0 Å². The van der Waals surface area contributed by atoms with E-state index in [1.54, 1.807) is 13.8 Å². The lowest BCUT2D eigenvalue weighted by Crippen LogP contribution is -2.30. The van der Waals surface area contributed by atoms with E-state index in [-0.39, 0.29) is 43.2 Å². The van der Waals surface area contributed by atoms with Crippen molar-refractivity contribution < 1.29 is 38.3 Å². The van der Waals surface area contributed by atoms with Gasteiger partial charge in [0.25, 0.3) is 0 Å². The van der Waals surface area contributed by atoms with Crippen molar-refractivity contribution in [2.75, 3.05) is 39.6 Å². The van der Waals surface area contributed by atoms with Crippen molar-refractivity contribution in [1.82, 2.24) is 0 Å². The van der Waals surface area contributed by atoms with Crippen molar-refractivity contribution in [3.05, 3.63) is 12.2 Å². The van der Waals surface area contributed by atoms with Gasteiger partial charge in [-0.3, -0.25) is 0 Å². The second-order valence-corrected chi connectivity index (χ2v) is 7.90. The van der Waals surface area contributed by atoms with E-state index in [0.29, 0.717) is 38.6 Å². The number of hydrogen-bond donors (Lipinski definition) is 1. The van der Waals surface area contributed by atoms with Crippen LogP contribution in [0.1, 0.15) is 48.5 Å². The van der Waals surface area contributed by atoms with Crippen molar-refractivity contribution in [2.45, 2.75) is 85.1 Å². The summed E-state index contributed by atoms with van der Waals surface area (Å²) in [4.78, 5) is 11.5. The molecule has 6 atom stereocenters. The number of ether oxygens (including phenoxy) is 6. The van der Waals surface area contributed by atoms with Crippen LogP contribution >= 0.6 is 0 Å². The van der Waals surface area contributed by atoms with Crippen molar-refractivity contribution >= 4 is 5.97 Å². The molecule has 8 heteroatoms. The molecule has 0 amide bonds. The van der Waals surface area contributed by atoms with Crippen molar-refractivity contribution in [3.63, 3.8) is 0 Å². The summed E-state index contributed by atoms with van der Waals surface area (Å²) in [5, 5.41) is 8.94. The summed E-state index contributed by atoms with van der Waals surface area (Å²) in [5.41, 5.74) is 0.366. The fraction of sp³-hybridized carbons (Fsp3) is 0.864. The molecule has 1 N–H and O–H groups in total. The van der Waals surface area contributed by atoms with Gasteiger partial charge in [-0.05, 0) is 48.5 Å². The second-order valence-electron chi connectivity index (χ2n) is 7.90. The first kappa shape index (κ1) is 29.0. The van der Waals surface area contributed by atoms with Crippen molar-refractivity contribution in [1.29, 1.82) is 0 Å². The SMILES string of the molecule is C=C(C)C(=O)OC(C)COC(C)COC(C)COC(C)COC(C)COC(C)CO. The topological polar surface area (TPSA) is 92.7 Å². The molecule has 0 bridgehead atoms. The van der Waals surface area contributed by atoms with E-state index in [1.807, 2.05) is 34.6 Å². The summed E-state index contributed by atoms with van der Waals surface area (Å²) < 4.78 is 33.5. The van der Waals surface area contributed by atoms with Crippen LogP contribution in [-0.2, 0) is 33.2 Å². The van der Waals surface area contributed by atoms with Gasteiger partial charge < -0.3 is 33.5 Å². The van der Waals surface area contributed by atoms with E-state index in [9.17, 15) is 4.79 Å². The van der Waals surface area contributed by atoms with E-state index >= 15 is 0 Å². The molecule has 0 heterocycles. The van der Waals surface area contributed by atoms with Gasteiger partial charge in [0.1, 0.15) is 6.10 Å². The number of carbonyl (C=O) groups excluding carboxylic acids is 1. The lowest BCUT2D eigenvalue weighted by Gasteiger charge is -2.22. The first-order chi connectivity index (χ1) is 14.0. The highest BCUT2D eigenvalue weighted by molar-refractivity contribution is 5.87. The van der Waals surface area contributed by atoms with Crippen LogP contribution in [0.2, 0.25) is 0 Å². The highest BCUT2D eigenvalue weighted by Crippen LogP contribution is 2.05. The minimum atomic E-state index is -0.416. The maximum atomic E-state index is 11.5.